The van der Waals surface area contributed by atoms with Gasteiger partial charge < -0.3 is 14.2 Å². The van der Waals surface area contributed by atoms with Crippen molar-refractivity contribution in [3.63, 3.8) is 0 Å². The number of aromatic nitrogens is 2. The van der Waals surface area contributed by atoms with Crippen LogP contribution in [-0.2, 0) is 6.42 Å². The monoisotopic (exact) mass is 567 g/mol. The molecule has 0 saturated carbocycles. The van der Waals surface area contributed by atoms with Gasteiger partial charge in [0.15, 0.2) is 17.3 Å². The lowest BCUT2D eigenvalue weighted by molar-refractivity contribution is 0.201. The molecular formula is C35H41N3O4. The molecule has 0 aliphatic rings. The fraction of sp³-hybridized carbons (Fsp3) is 0.343. The van der Waals surface area contributed by atoms with E-state index in [1.165, 1.54) is 4.68 Å². The average molecular weight is 568 g/mol. The Morgan fingerprint density at radius 2 is 1.83 bits per heavy atom. The smallest absolute Gasteiger partial charge is 0.282 e. The molecule has 0 saturated heterocycles. The van der Waals surface area contributed by atoms with Crippen LogP contribution in [-0.4, -0.2) is 35.7 Å². The lowest BCUT2D eigenvalue weighted by Crippen LogP contribution is -2.21. The van der Waals surface area contributed by atoms with Gasteiger partial charge in [-0.3, -0.25) is 4.79 Å². The van der Waals surface area contributed by atoms with E-state index in [2.05, 4.69) is 33.4 Å². The van der Waals surface area contributed by atoms with E-state index in [4.69, 9.17) is 24.3 Å². The molecule has 1 aromatic heterocycles. The summed E-state index contributed by atoms with van der Waals surface area (Å²) in [6.45, 7) is 16.7. The summed E-state index contributed by atoms with van der Waals surface area (Å²) in [6, 6.07) is 15.3. The van der Waals surface area contributed by atoms with Crippen molar-refractivity contribution >= 4 is 17.1 Å². The van der Waals surface area contributed by atoms with Crippen LogP contribution < -0.4 is 19.8 Å². The molecule has 3 aromatic carbocycles. The number of para-hydroxylation sites is 1. The maximum atomic E-state index is 13.9. The number of hydrogen-bond donors (Lipinski definition) is 0. The van der Waals surface area contributed by atoms with Crippen molar-refractivity contribution < 1.29 is 14.2 Å². The van der Waals surface area contributed by atoms with Crippen molar-refractivity contribution in [1.29, 1.82) is 0 Å². The Morgan fingerprint density at radius 1 is 1.07 bits per heavy atom. The van der Waals surface area contributed by atoms with Crippen molar-refractivity contribution in [2.45, 2.75) is 66.4 Å². The molecule has 0 aliphatic carbocycles. The van der Waals surface area contributed by atoms with Crippen LogP contribution in [0.25, 0.3) is 22.3 Å². The number of ether oxygens (including phenoxy) is 3. The SMILES string of the molecule is C=CCc1cc(C=Nn2c(-c3cc(C(C)C)c(OC)cc3C)nc3ccccc3c2=O)cc(OCC)c1O[C@H](C)CC. The molecule has 1 atom stereocenters. The Morgan fingerprint density at radius 3 is 2.50 bits per heavy atom. The zero-order chi connectivity index (χ0) is 30.4. The molecule has 0 spiro atoms. The van der Waals surface area contributed by atoms with Crippen LogP contribution in [0.15, 0.2) is 71.1 Å². The summed E-state index contributed by atoms with van der Waals surface area (Å²) in [7, 11) is 1.67. The predicted molar refractivity (Wildman–Crippen MR) is 172 cm³/mol. The first-order chi connectivity index (χ1) is 20.2. The van der Waals surface area contributed by atoms with Gasteiger partial charge in [-0.25, -0.2) is 4.98 Å². The van der Waals surface area contributed by atoms with Gasteiger partial charge in [-0.2, -0.15) is 9.78 Å². The minimum absolute atomic E-state index is 0.0283. The molecule has 4 aromatic rings. The van der Waals surface area contributed by atoms with E-state index in [1.807, 2.05) is 63.2 Å². The Bertz CT molecular complexity index is 1670. The van der Waals surface area contributed by atoms with E-state index in [1.54, 1.807) is 19.4 Å². The highest BCUT2D eigenvalue weighted by Crippen LogP contribution is 2.36. The quantitative estimate of drug-likeness (QED) is 0.130. The minimum Gasteiger partial charge on any atom is -0.496 e. The van der Waals surface area contributed by atoms with Gasteiger partial charge in [-0.15, -0.1) is 6.58 Å². The summed E-state index contributed by atoms with van der Waals surface area (Å²) in [5.74, 6) is 2.83. The maximum Gasteiger partial charge on any atom is 0.282 e. The van der Waals surface area contributed by atoms with E-state index >= 15 is 0 Å². The van der Waals surface area contributed by atoms with Gasteiger partial charge in [0.2, 0.25) is 0 Å². The number of nitrogens with zero attached hydrogens (tertiary/aromatic N) is 3. The van der Waals surface area contributed by atoms with E-state index in [0.29, 0.717) is 41.3 Å². The van der Waals surface area contributed by atoms with Crippen molar-refractivity contribution in [3.05, 3.63) is 93.8 Å². The second-order valence-corrected chi connectivity index (χ2v) is 10.6. The maximum absolute atomic E-state index is 13.9. The van der Waals surface area contributed by atoms with Gasteiger partial charge in [-0.1, -0.05) is 39.0 Å². The summed E-state index contributed by atoms with van der Waals surface area (Å²) in [5.41, 5.74) is 4.86. The first-order valence-electron chi connectivity index (χ1n) is 14.5. The van der Waals surface area contributed by atoms with Gasteiger partial charge in [-0.05, 0) is 92.6 Å². The number of allylic oxidation sites excluding steroid dienone is 1. The standard InChI is InChI=1S/C35H41N3O4/c1-9-14-26-18-25(19-32(41-11-3)33(26)42-24(7)10-2)21-36-38-34(37-30-16-13-12-15-27(30)35(38)39)29-20-28(22(4)5)31(40-8)17-23(29)6/h9,12-13,15-22,24H,1,10-11,14H2,2-8H3/t24-/m1/s1. The second kappa shape index (κ2) is 13.5. The van der Waals surface area contributed by atoms with Crippen LogP contribution >= 0.6 is 0 Å². The molecule has 0 amide bonds. The molecule has 0 N–H and O–H groups in total. The van der Waals surface area contributed by atoms with Gasteiger partial charge in [0, 0.05) is 11.1 Å². The molecule has 220 valence electrons. The Labute approximate surface area is 248 Å². The highest BCUT2D eigenvalue weighted by atomic mass is 16.5. The third kappa shape index (κ3) is 6.40. The third-order valence-electron chi connectivity index (χ3n) is 7.23. The topological polar surface area (TPSA) is 74.9 Å². The van der Waals surface area contributed by atoms with Gasteiger partial charge in [0.05, 0.1) is 36.9 Å². The minimum atomic E-state index is -0.249. The first kappa shape index (κ1) is 30.6. The Kier molecular flexibility index (Phi) is 9.84. The second-order valence-electron chi connectivity index (χ2n) is 10.6. The lowest BCUT2D eigenvalue weighted by Gasteiger charge is -2.20. The Balaban J connectivity index is 1.94. The van der Waals surface area contributed by atoms with Gasteiger partial charge >= 0.3 is 0 Å². The Hall–Kier alpha value is -4.39. The van der Waals surface area contributed by atoms with Gasteiger partial charge in [0.1, 0.15) is 5.75 Å². The molecule has 0 unspecified atom stereocenters. The third-order valence-corrected chi connectivity index (χ3v) is 7.23. The summed E-state index contributed by atoms with van der Waals surface area (Å²) in [5, 5.41) is 5.23. The summed E-state index contributed by atoms with van der Waals surface area (Å²) in [4.78, 5) is 18.8. The number of aryl methyl sites for hydroxylation is 1. The molecule has 0 fully saturated rings. The van der Waals surface area contributed by atoms with Crippen LogP contribution in [0.3, 0.4) is 0 Å². The largest absolute Gasteiger partial charge is 0.496 e. The van der Waals surface area contributed by atoms with E-state index < -0.39 is 0 Å². The van der Waals surface area contributed by atoms with Crippen LogP contribution in [0.1, 0.15) is 69.2 Å². The van der Waals surface area contributed by atoms with Crippen LogP contribution in [0, 0.1) is 6.92 Å². The van der Waals surface area contributed by atoms with Crippen molar-refractivity contribution in [1.82, 2.24) is 9.66 Å². The van der Waals surface area contributed by atoms with Crippen LogP contribution in [0.2, 0.25) is 0 Å². The first-order valence-corrected chi connectivity index (χ1v) is 14.5. The van der Waals surface area contributed by atoms with Crippen molar-refractivity contribution in [3.8, 4) is 28.6 Å². The number of fused-ring (bicyclic) bond motifs is 1. The highest BCUT2D eigenvalue weighted by Gasteiger charge is 2.19. The molecule has 42 heavy (non-hydrogen) atoms. The van der Waals surface area contributed by atoms with E-state index in [-0.39, 0.29) is 17.6 Å². The van der Waals surface area contributed by atoms with E-state index in [9.17, 15) is 4.79 Å². The van der Waals surface area contributed by atoms with Crippen LogP contribution in [0.5, 0.6) is 17.2 Å². The fourth-order valence-corrected chi connectivity index (χ4v) is 4.84. The molecule has 0 bridgehead atoms. The molecule has 0 radical (unpaired) electrons. The molecule has 1 heterocycles. The van der Waals surface area contributed by atoms with Crippen molar-refractivity contribution in [2.75, 3.05) is 13.7 Å². The summed E-state index contributed by atoms with van der Waals surface area (Å²) in [6.07, 6.45) is 5.00. The number of benzene rings is 3. The summed E-state index contributed by atoms with van der Waals surface area (Å²) >= 11 is 0. The normalized spacial score (nSPS) is 12.2. The average Bonchev–Trinajstić information content (AvgIpc) is 2.98. The lowest BCUT2D eigenvalue weighted by atomic mass is 9.96. The molecule has 7 heteroatoms. The molecule has 4 rings (SSSR count). The van der Waals surface area contributed by atoms with Crippen molar-refractivity contribution in [2.24, 2.45) is 5.10 Å². The summed E-state index contributed by atoms with van der Waals surface area (Å²) < 4.78 is 19.3. The predicted octanol–water partition coefficient (Wildman–Crippen LogP) is 7.69. The zero-order valence-electron chi connectivity index (χ0n) is 25.7. The molecular weight excluding hydrogens is 526 g/mol. The number of methoxy groups -OCH3 is 1. The number of hydrogen-bond acceptors (Lipinski definition) is 6. The van der Waals surface area contributed by atoms with Gasteiger partial charge in [0.25, 0.3) is 5.56 Å². The number of rotatable bonds is 12. The van der Waals surface area contributed by atoms with Crippen LogP contribution in [0.4, 0.5) is 0 Å². The molecule has 7 nitrogen and oxygen atoms in total. The highest BCUT2D eigenvalue weighted by molar-refractivity contribution is 5.83. The fourth-order valence-electron chi connectivity index (χ4n) is 4.84. The zero-order valence-corrected chi connectivity index (χ0v) is 25.7. The van der Waals surface area contributed by atoms with E-state index in [0.717, 1.165) is 40.0 Å². The molecule has 0 aliphatic heterocycles.